The first-order valence-corrected chi connectivity index (χ1v) is 10.8. The third-order valence-corrected chi connectivity index (χ3v) is 9.39. The molecule has 1 saturated heterocycles. The molecule has 2 rings (SSSR count). The number of aliphatic hydroxyl groups is 2. The molecule has 22 heavy (non-hydrogen) atoms. The van der Waals surface area contributed by atoms with Crippen molar-refractivity contribution in [1.82, 2.24) is 0 Å². The highest BCUT2D eigenvalue weighted by molar-refractivity contribution is 6.74. The molecular weight excluding hydrogens is 300 g/mol. The van der Waals surface area contributed by atoms with E-state index in [0.29, 0.717) is 5.57 Å². The van der Waals surface area contributed by atoms with Crippen molar-refractivity contribution in [2.75, 3.05) is 6.61 Å². The molecule has 0 aromatic heterocycles. The van der Waals surface area contributed by atoms with E-state index < -0.39 is 20.2 Å². The Hall–Kier alpha value is -0.243. The van der Waals surface area contributed by atoms with Crippen molar-refractivity contribution in [2.24, 2.45) is 0 Å². The molecular formula is C16H30O5Si. The van der Waals surface area contributed by atoms with E-state index in [0.717, 1.165) is 0 Å². The average molecular weight is 330 g/mol. The third-order valence-electron chi connectivity index (χ3n) is 4.93. The van der Waals surface area contributed by atoms with E-state index in [4.69, 9.17) is 13.9 Å². The Labute approximate surface area is 134 Å². The maximum Gasteiger partial charge on any atom is 0.193 e. The molecule has 4 atom stereocenters. The Morgan fingerprint density at radius 3 is 2.41 bits per heavy atom. The van der Waals surface area contributed by atoms with Gasteiger partial charge in [-0.25, -0.2) is 0 Å². The normalized spacial score (nSPS) is 32.8. The van der Waals surface area contributed by atoms with Crippen molar-refractivity contribution in [1.29, 1.82) is 0 Å². The van der Waals surface area contributed by atoms with Crippen LogP contribution >= 0.6 is 0 Å². The molecule has 1 unspecified atom stereocenters. The van der Waals surface area contributed by atoms with Gasteiger partial charge in [0.15, 0.2) is 14.1 Å². The topological polar surface area (TPSA) is 68.2 Å². The molecule has 5 nitrogen and oxygen atoms in total. The van der Waals surface area contributed by atoms with Gasteiger partial charge in [0.1, 0.15) is 18.3 Å². The van der Waals surface area contributed by atoms with Gasteiger partial charge in [-0.3, -0.25) is 0 Å². The fourth-order valence-corrected chi connectivity index (χ4v) is 3.95. The molecule has 1 aliphatic carbocycles. The van der Waals surface area contributed by atoms with Gasteiger partial charge >= 0.3 is 0 Å². The lowest BCUT2D eigenvalue weighted by molar-refractivity contribution is -0.153. The minimum absolute atomic E-state index is 0.0509. The van der Waals surface area contributed by atoms with E-state index in [2.05, 4.69) is 33.9 Å². The van der Waals surface area contributed by atoms with Crippen LogP contribution in [0.15, 0.2) is 11.6 Å². The minimum atomic E-state index is -2.05. The molecule has 1 aliphatic heterocycles. The second kappa shape index (κ2) is 5.68. The van der Waals surface area contributed by atoms with Crippen molar-refractivity contribution in [3.05, 3.63) is 11.6 Å². The predicted molar refractivity (Wildman–Crippen MR) is 87.1 cm³/mol. The van der Waals surface area contributed by atoms with Gasteiger partial charge in [-0.2, -0.15) is 0 Å². The molecule has 128 valence electrons. The van der Waals surface area contributed by atoms with Crippen LogP contribution in [-0.4, -0.2) is 55.3 Å². The minimum Gasteiger partial charge on any atom is -0.407 e. The van der Waals surface area contributed by atoms with Crippen LogP contribution in [0.3, 0.4) is 0 Å². The van der Waals surface area contributed by atoms with E-state index in [1.807, 2.05) is 19.9 Å². The highest BCUT2D eigenvalue weighted by atomic mass is 28.4. The first-order chi connectivity index (χ1) is 9.88. The van der Waals surface area contributed by atoms with Crippen molar-refractivity contribution < 1.29 is 24.1 Å². The quantitative estimate of drug-likeness (QED) is 0.611. The zero-order valence-electron chi connectivity index (χ0n) is 14.7. The Balaban J connectivity index is 2.28. The van der Waals surface area contributed by atoms with Crippen LogP contribution in [0, 0.1) is 0 Å². The standard InChI is InChI=1S/C16H30O5Si/c1-15(2,3)22(6,7)21-13-10(11(18)9-17)8-12-14(13)20-16(4,5)19-12/h8,11-14,17-18H,9H2,1-7H3/t11?,12-,13-,14-/m1/s1. The first-order valence-electron chi connectivity index (χ1n) is 7.92. The largest absolute Gasteiger partial charge is 0.407 e. The number of ether oxygens (including phenoxy) is 2. The summed E-state index contributed by atoms with van der Waals surface area (Å²) in [7, 11) is -2.05. The molecule has 0 saturated carbocycles. The van der Waals surface area contributed by atoms with Gasteiger partial charge in [-0.1, -0.05) is 20.8 Å². The number of fused-ring (bicyclic) bond motifs is 1. The first kappa shape index (κ1) is 18.1. The van der Waals surface area contributed by atoms with E-state index >= 15 is 0 Å². The highest BCUT2D eigenvalue weighted by Gasteiger charge is 2.53. The molecule has 0 radical (unpaired) electrons. The molecule has 0 aromatic rings. The highest BCUT2D eigenvalue weighted by Crippen LogP contribution is 2.44. The summed E-state index contributed by atoms with van der Waals surface area (Å²) < 4.78 is 18.4. The van der Waals surface area contributed by atoms with Crippen LogP contribution in [0.1, 0.15) is 34.6 Å². The Morgan fingerprint density at radius 1 is 1.32 bits per heavy atom. The Morgan fingerprint density at radius 2 is 1.91 bits per heavy atom. The predicted octanol–water partition coefficient (Wildman–Crippen LogP) is 2.19. The Kier molecular flexibility index (Phi) is 4.68. The monoisotopic (exact) mass is 330 g/mol. The average Bonchev–Trinajstić information content (AvgIpc) is 2.80. The summed E-state index contributed by atoms with van der Waals surface area (Å²) in [6.07, 6.45) is 0.0600. The van der Waals surface area contributed by atoms with Crippen molar-refractivity contribution in [2.45, 2.75) is 83.0 Å². The lowest BCUT2D eigenvalue weighted by atomic mass is 10.1. The van der Waals surface area contributed by atoms with Gasteiger partial charge in [-0.15, -0.1) is 0 Å². The number of aliphatic hydroxyl groups excluding tert-OH is 2. The van der Waals surface area contributed by atoms with Crippen molar-refractivity contribution in [3.8, 4) is 0 Å². The van der Waals surface area contributed by atoms with Crippen molar-refractivity contribution in [3.63, 3.8) is 0 Å². The summed E-state index contributed by atoms with van der Waals surface area (Å²) in [5.41, 5.74) is 0.679. The summed E-state index contributed by atoms with van der Waals surface area (Å²) in [4.78, 5) is 0. The van der Waals surface area contributed by atoms with E-state index in [9.17, 15) is 10.2 Å². The summed E-state index contributed by atoms with van der Waals surface area (Å²) in [5, 5.41) is 19.5. The molecule has 6 heteroatoms. The van der Waals surface area contributed by atoms with Gasteiger partial charge in [0.05, 0.1) is 12.7 Å². The second-order valence-electron chi connectivity index (χ2n) is 8.23. The van der Waals surface area contributed by atoms with Crippen LogP contribution in [-0.2, 0) is 13.9 Å². The second-order valence-corrected chi connectivity index (χ2v) is 13.0. The summed E-state index contributed by atoms with van der Waals surface area (Å²) >= 11 is 0. The maximum absolute atomic E-state index is 10.1. The van der Waals surface area contributed by atoms with Crippen LogP contribution in [0.25, 0.3) is 0 Å². The molecule has 1 heterocycles. The molecule has 0 spiro atoms. The van der Waals surface area contributed by atoms with Gasteiger partial charge in [0, 0.05) is 0 Å². The molecule has 0 aromatic carbocycles. The zero-order valence-corrected chi connectivity index (χ0v) is 15.7. The fourth-order valence-electron chi connectivity index (χ4n) is 2.69. The summed E-state index contributed by atoms with van der Waals surface area (Å²) in [6.45, 7) is 14.3. The SMILES string of the molecule is CC1(C)O[C@H]2[C@H](O[Si](C)(C)C(C)(C)C)C(C(O)CO)=C[C@H]2O1. The Bertz CT molecular complexity index is 452. The van der Waals surface area contributed by atoms with E-state index in [1.54, 1.807) is 0 Å². The number of hydrogen-bond acceptors (Lipinski definition) is 5. The number of hydrogen-bond donors (Lipinski definition) is 2. The molecule has 2 aliphatic rings. The lowest BCUT2D eigenvalue weighted by Crippen LogP contribution is -2.49. The zero-order chi connectivity index (χ0) is 16.9. The van der Waals surface area contributed by atoms with Gasteiger partial charge in [0.2, 0.25) is 0 Å². The van der Waals surface area contributed by atoms with Gasteiger partial charge in [0.25, 0.3) is 0 Å². The van der Waals surface area contributed by atoms with E-state index in [1.165, 1.54) is 0 Å². The molecule has 2 N–H and O–H groups in total. The molecule has 0 amide bonds. The molecule has 1 fully saturated rings. The fraction of sp³-hybridized carbons (Fsp3) is 0.875. The van der Waals surface area contributed by atoms with Crippen LogP contribution in [0.4, 0.5) is 0 Å². The molecule has 0 bridgehead atoms. The van der Waals surface area contributed by atoms with Gasteiger partial charge in [-0.05, 0) is 43.6 Å². The number of rotatable bonds is 4. The smallest absolute Gasteiger partial charge is 0.193 e. The van der Waals surface area contributed by atoms with Crippen LogP contribution in [0.5, 0.6) is 0 Å². The summed E-state index contributed by atoms with van der Waals surface area (Å²) in [6, 6.07) is 0. The summed E-state index contributed by atoms with van der Waals surface area (Å²) in [5.74, 6) is -0.656. The van der Waals surface area contributed by atoms with Crippen molar-refractivity contribution >= 4 is 8.32 Å². The van der Waals surface area contributed by atoms with Gasteiger partial charge < -0.3 is 24.1 Å². The lowest BCUT2D eigenvalue weighted by Gasteiger charge is -2.40. The third kappa shape index (κ3) is 3.32. The van der Waals surface area contributed by atoms with Crippen LogP contribution in [0.2, 0.25) is 18.1 Å². The van der Waals surface area contributed by atoms with Crippen LogP contribution < -0.4 is 0 Å². The van der Waals surface area contributed by atoms with E-state index in [-0.39, 0.29) is 30.0 Å². The maximum atomic E-state index is 10.1.